The van der Waals surface area contributed by atoms with Crippen molar-refractivity contribution in [3.63, 3.8) is 0 Å². The third kappa shape index (κ3) is 4.96. The van der Waals surface area contributed by atoms with Gasteiger partial charge in [-0.25, -0.2) is 14.0 Å². The van der Waals surface area contributed by atoms with Gasteiger partial charge in [-0.05, 0) is 69.0 Å². The number of halogens is 1. The fourth-order valence-corrected chi connectivity index (χ4v) is 4.32. The van der Waals surface area contributed by atoms with Crippen molar-refractivity contribution < 1.29 is 23.8 Å². The maximum atomic E-state index is 15.8. The fourth-order valence-electron chi connectivity index (χ4n) is 4.32. The Balaban J connectivity index is 1.67. The van der Waals surface area contributed by atoms with Crippen LogP contribution in [0.15, 0.2) is 60.7 Å². The topological polar surface area (TPSA) is 66.8 Å². The molecule has 6 heteroatoms. The molecule has 0 aromatic heterocycles. The van der Waals surface area contributed by atoms with Gasteiger partial charge in [-0.2, -0.15) is 0 Å². The van der Waals surface area contributed by atoms with Crippen LogP contribution in [0.1, 0.15) is 59.0 Å². The summed E-state index contributed by atoms with van der Waals surface area (Å²) in [4.78, 5) is 26.2. The lowest BCUT2D eigenvalue weighted by atomic mass is 9.95. The molecule has 1 aliphatic heterocycles. The van der Waals surface area contributed by atoms with E-state index in [1.807, 2.05) is 0 Å². The number of aromatic carboxylic acids is 1. The predicted octanol–water partition coefficient (Wildman–Crippen LogP) is 6.10. The highest BCUT2D eigenvalue weighted by Gasteiger charge is 2.24. The van der Waals surface area contributed by atoms with Crippen LogP contribution in [0, 0.1) is 5.82 Å². The van der Waals surface area contributed by atoms with E-state index in [4.69, 9.17) is 4.74 Å². The molecule has 1 N–H and O–H groups in total. The summed E-state index contributed by atoms with van der Waals surface area (Å²) in [5, 5.41) is 9.29. The van der Waals surface area contributed by atoms with Gasteiger partial charge < -0.3 is 14.7 Å². The van der Waals surface area contributed by atoms with Crippen molar-refractivity contribution in [3.8, 4) is 11.1 Å². The highest BCUT2D eigenvalue weighted by Crippen LogP contribution is 2.33. The molecule has 0 aliphatic carbocycles. The summed E-state index contributed by atoms with van der Waals surface area (Å²) in [7, 11) is 0. The molecule has 34 heavy (non-hydrogen) atoms. The zero-order valence-corrected chi connectivity index (χ0v) is 19.6. The van der Waals surface area contributed by atoms with Gasteiger partial charge in [0, 0.05) is 29.9 Å². The van der Waals surface area contributed by atoms with Crippen LogP contribution in [0.5, 0.6) is 0 Å². The first-order valence-corrected chi connectivity index (χ1v) is 11.4. The molecule has 176 valence electrons. The van der Waals surface area contributed by atoms with Crippen molar-refractivity contribution in [2.45, 2.75) is 45.8 Å². The molecule has 1 aliphatic rings. The molecule has 4 rings (SSSR count). The van der Waals surface area contributed by atoms with Gasteiger partial charge in [-0.15, -0.1) is 0 Å². The predicted molar refractivity (Wildman–Crippen MR) is 130 cm³/mol. The van der Waals surface area contributed by atoms with Gasteiger partial charge in [0.25, 0.3) is 0 Å². The second-order valence-electron chi connectivity index (χ2n) is 9.50. The number of rotatable bonds is 5. The maximum absolute atomic E-state index is 15.8. The Hall–Kier alpha value is -3.67. The summed E-state index contributed by atoms with van der Waals surface area (Å²) in [6.07, 6.45) is 1.65. The lowest BCUT2D eigenvalue weighted by Gasteiger charge is -2.32. The van der Waals surface area contributed by atoms with Gasteiger partial charge in [0.15, 0.2) is 0 Å². The number of hydrogen-bond donors (Lipinski definition) is 1. The average molecular weight is 462 g/mol. The second kappa shape index (κ2) is 9.29. The molecular formula is C28H28FNO4. The molecule has 0 radical (unpaired) electrons. The summed E-state index contributed by atoms with van der Waals surface area (Å²) in [5.74, 6) is -1.83. The van der Waals surface area contributed by atoms with Crippen LogP contribution in [-0.2, 0) is 17.7 Å². The van der Waals surface area contributed by atoms with Gasteiger partial charge in [-0.3, -0.25) is 0 Å². The average Bonchev–Trinajstić information content (AvgIpc) is 2.79. The van der Waals surface area contributed by atoms with E-state index in [9.17, 15) is 14.7 Å². The number of carboxylic acid groups (broad SMARTS) is 1. The molecule has 0 saturated carbocycles. The van der Waals surface area contributed by atoms with Gasteiger partial charge in [0.2, 0.25) is 0 Å². The molecule has 0 bridgehead atoms. The summed E-state index contributed by atoms with van der Waals surface area (Å²) in [6, 6.07) is 17.2. The highest BCUT2D eigenvalue weighted by atomic mass is 19.1. The highest BCUT2D eigenvalue weighted by molar-refractivity contribution is 5.97. The van der Waals surface area contributed by atoms with E-state index in [-0.39, 0.29) is 11.4 Å². The molecule has 1 heterocycles. The molecular weight excluding hydrogens is 433 g/mol. The Kier molecular flexibility index (Phi) is 6.42. The van der Waals surface area contributed by atoms with Gasteiger partial charge in [0.1, 0.15) is 11.4 Å². The smallest absolute Gasteiger partial charge is 0.339 e. The Bertz CT molecular complexity index is 1250. The third-order valence-corrected chi connectivity index (χ3v) is 5.82. The van der Waals surface area contributed by atoms with Gasteiger partial charge in [-0.1, -0.05) is 36.4 Å². The van der Waals surface area contributed by atoms with E-state index < -0.39 is 17.5 Å². The number of ether oxygens (including phenoxy) is 1. The Morgan fingerprint density at radius 2 is 1.76 bits per heavy atom. The Labute approximate surface area is 198 Å². The van der Waals surface area contributed by atoms with Crippen LogP contribution in [0.25, 0.3) is 11.1 Å². The Morgan fingerprint density at radius 1 is 1.03 bits per heavy atom. The van der Waals surface area contributed by atoms with E-state index >= 15 is 4.39 Å². The minimum Gasteiger partial charge on any atom is -0.478 e. The van der Waals surface area contributed by atoms with E-state index in [2.05, 4.69) is 4.90 Å². The number of fused-ring (bicyclic) bond motifs is 1. The first-order chi connectivity index (χ1) is 16.1. The monoisotopic (exact) mass is 461 g/mol. The van der Waals surface area contributed by atoms with E-state index in [1.165, 1.54) is 0 Å². The standard InChI is InChI=1S/C28H28FNO4/c1-28(2,3)34-27(33)23-11-5-4-10-21(23)22-12-6-8-20(25(22)29)17-30-15-7-9-18-16-19(26(31)32)13-14-24(18)30/h4-6,8,10-14,16H,7,9,15,17H2,1-3H3,(H,31,32). The SMILES string of the molecule is CC(C)(C)OC(=O)c1ccccc1-c1cccc(CN2CCCc3cc(C(=O)O)ccc32)c1F. The summed E-state index contributed by atoms with van der Waals surface area (Å²) < 4.78 is 21.3. The molecule has 0 fully saturated rings. The lowest BCUT2D eigenvalue weighted by Crippen LogP contribution is -2.29. The van der Waals surface area contributed by atoms with Crippen LogP contribution >= 0.6 is 0 Å². The van der Waals surface area contributed by atoms with E-state index in [0.717, 1.165) is 30.6 Å². The van der Waals surface area contributed by atoms with Crippen molar-refractivity contribution in [2.75, 3.05) is 11.4 Å². The fraction of sp³-hybridized carbons (Fsp3) is 0.286. The van der Waals surface area contributed by atoms with Crippen LogP contribution in [0.4, 0.5) is 10.1 Å². The van der Waals surface area contributed by atoms with Crippen LogP contribution in [0.3, 0.4) is 0 Å². The first kappa shape index (κ1) is 23.5. The van der Waals surface area contributed by atoms with Crippen LogP contribution < -0.4 is 4.90 Å². The summed E-state index contributed by atoms with van der Waals surface area (Å²) in [6.45, 7) is 6.48. The molecule has 0 saturated heterocycles. The maximum Gasteiger partial charge on any atom is 0.339 e. The number of benzene rings is 3. The largest absolute Gasteiger partial charge is 0.478 e. The number of carbonyl (C=O) groups is 2. The summed E-state index contributed by atoms with van der Waals surface area (Å²) in [5.41, 5.74) is 3.14. The Morgan fingerprint density at radius 3 is 2.50 bits per heavy atom. The minimum atomic E-state index is -0.956. The number of nitrogens with zero attached hydrogens (tertiary/aromatic N) is 1. The van der Waals surface area contributed by atoms with Crippen molar-refractivity contribution in [2.24, 2.45) is 0 Å². The van der Waals surface area contributed by atoms with Crippen LogP contribution in [0.2, 0.25) is 0 Å². The summed E-state index contributed by atoms with van der Waals surface area (Å²) >= 11 is 0. The second-order valence-corrected chi connectivity index (χ2v) is 9.50. The molecule has 3 aromatic rings. The van der Waals surface area contributed by atoms with E-state index in [1.54, 1.807) is 81.4 Å². The number of carboxylic acids is 1. The number of esters is 1. The molecule has 0 amide bonds. The number of aryl methyl sites for hydroxylation is 1. The van der Waals surface area contributed by atoms with Crippen molar-refractivity contribution in [3.05, 3.63) is 88.7 Å². The number of hydrogen-bond acceptors (Lipinski definition) is 4. The zero-order chi connectivity index (χ0) is 24.5. The van der Waals surface area contributed by atoms with Gasteiger partial charge >= 0.3 is 11.9 Å². The quantitative estimate of drug-likeness (QED) is 0.465. The van der Waals surface area contributed by atoms with Crippen molar-refractivity contribution in [1.82, 2.24) is 0 Å². The minimum absolute atomic E-state index is 0.257. The zero-order valence-electron chi connectivity index (χ0n) is 19.6. The normalized spacial score (nSPS) is 13.4. The lowest BCUT2D eigenvalue weighted by molar-refractivity contribution is 0.00702. The third-order valence-electron chi connectivity index (χ3n) is 5.82. The molecule has 0 unspecified atom stereocenters. The molecule has 5 nitrogen and oxygen atoms in total. The number of anilines is 1. The van der Waals surface area contributed by atoms with Crippen LogP contribution in [-0.4, -0.2) is 29.2 Å². The first-order valence-electron chi connectivity index (χ1n) is 11.4. The molecule has 3 aromatic carbocycles. The van der Waals surface area contributed by atoms with Crippen molar-refractivity contribution in [1.29, 1.82) is 0 Å². The van der Waals surface area contributed by atoms with Crippen molar-refractivity contribution >= 4 is 17.6 Å². The van der Waals surface area contributed by atoms with E-state index in [0.29, 0.717) is 28.8 Å². The number of carbonyl (C=O) groups excluding carboxylic acids is 1. The molecule has 0 atom stereocenters. The molecule has 0 spiro atoms. The van der Waals surface area contributed by atoms with Gasteiger partial charge in [0.05, 0.1) is 11.1 Å².